The first-order valence-electron chi connectivity index (χ1n) is 5.62. The van der Waals surface area contributed by atoms with E-state index in [0.717, 1.165) is 21.2 Å². The highest BCUT2D eigenvalue weighted by Crippen LogP contribution is 2.30. The zero-order valence-corrected chi connectivity index (χ0v) is 11.6. The van der Waals surface area contributed by atoms with Crippen LogP contribution in [0.15, 0.2) is 53.0 Å². The molecule has 92 valence electrons. The van der Waals surface area contributed by atoms with Crippen LogP contribution in [-0.4, -0.2) is 13.1 Å². The van der Waals surface area contributed by atoms with E-state index in [9.17, 15) is 4.79 Å². The van der Waals surface area contributed by atoms with E-state index in [1.807, 2.05) is 48.5 Å². The topological polar surface area (TPSA) is 26.3 Å². The molecule has 0 radical (unpaired) electrons. The molecule has 0 fully saturated rings. The molecule has 0 aliphatic carbocycles. The van der Waals surface area contributed by atoms with Crippen LogP contribution >= 0.6 is 15.9 Å². The maximum absolute atomic E-state index is 11.4. The molecule has 0 amide bonds. The zero-order valence-electron chi connectivity index (χ0n) is 10.0. The molecule has 3 heteroatoms. The largest absolute Gasteiger partial charge is 0.469 e. The molecule has 0 aliphatic heterocycles. The normalized spacial score (nSPS) is 10.1. The molecule has 2 nitrogen and oxygen atoms in total. The van der Waals surface area contributed by atoms with Crippen molar-refractivity contribution in [3.05, 3.63) is 58.6 Å². The average Bonchev–Trinajstić information content (AvgIpc) is 2.40. The molecule has 2 aromatic rings. The van der Waals surface area contributed by atoms with Gasteiger partial charge in [0.05, 0.1) is 13.5 Å². The lowest BCUT2D eigenvalue weighted by atomic mass is 9.98. The fraction of sp³-hybridized carbons (Fsp3) is 0.133. The van der Waals surface area contributed by atoms with E-state index < -0.39 is 0 Å². The summed E-state index contributed by atoms with van der Waals surface area (Å²) in [6.07, 6.45) is 0.286. The van der Waals surface area contributed by atoms with Gasteiger partial charge in [-0.25, -0.2) is 0 Å². The van der Waals surface area contributed by atoms with Gasteiger partial charge >= 0.3 is 5.97 Å². The molecule has 18 heavy (non-hydrogen) atoms. The van der Waals surface area contributed by atoms with Crippen molar-refractivity contribution < 1.29 is 9.53 Å². The summed E-state index contributed by atoms with van der Waals surface area (Å²) in [7, 11) is 1.41. The van der Waals surface area contributed by atoms with Crippen LogP contribution in [0.25, 0.3) is 11.1 Å². The van der Waals surface area contributed by atoms with Gasteiger partial charge in [-0.1, -0.05) is 58.4 Å². The maximum Gasteiger partial charge on any atom is 0.309 e. The number of esters is 1. The van der Waals surface area contributed by atoms with Gasteiger partial charge < -0.3 is 4.74 Å². The average molecular weight is 305 g/mol. The Morgan fingerprint density at radius 1 is 1.06 bits per heavy atom. The zero-order chi connectivity index (χ0) is 13.0. The smallest absolute Gasteiger partial charge is 0.309 e. The quantitative estimate of drug-likeness (QED) is 0.806. The lowest BCUT2D eigenvalue weighted by molar-refractivity contribution is -0.139. The molecular weight excluding hydrogens is 292 g/mol. The van der Waals surface area contributed by atoms with E-state index >= 15 is 0 Å². The minimum absolute atomic E-state index is 0.227. The number of carbonyl (C=O) groups excluding carboxylic acids is 1. The lowest BCUT2D eigenvalue weighted by Gasteiger charge is -2.10. The third-order valence-corrected chi connectivity index (χ3v) is 3.44. The molecule has 0 aliphatic rings. The van der Waals surface area contributed by atoms with Gasteiger partial charge in [0.25, 0.3) is 0 Å². The highest BCUT2D eigenvalue weighted by atomic mass is 79.9. The standard InChI is InChI=1S/C15H13BrO2/c1-18-15(17)10-11-6-2-3-7-12(11)13-8-4-5-9-14(13)16/h2-9H,10H2,1H3. The minimum Gasteiger partial charge on any atom is -0.469 e. The molecule has 0 unspecified atom stereocenters. The Morgan fingerprint density at radius 3 is 2.33 bits per heavy atom. The number of benzene rings is 2. The second-order valence-electron chi connectivity index (χ2n) is 3.89. The fourth-order valence-electron chi connectivity index (χ4n) is 1.84. The van der Waals surface area contributed by atoms with Crippen molar-refractivity contribution in [3.8, 4) is 11.1 Å². The number of methoxy groups -OCH3 is 1. The van der Waals surface area contributed by atoms with Crippen molar-refractivity contribution in [1.29, 1.82) is 0 Å². The van der Waals surface area contributed by atoms with Crippen LogP contribution in [0.1, 0.15) is 5.56 Å². The van der Waals surface area contributed by atoms with Gasteiger partial charge in [0.1, 0.15) is 0 Å². The van der Waals surface area contributed by atoms with E-state index in [2.05, 4.69) is 15.9 Å². The molecule has 0 saturated carbocycles. The Kier molecular flexibility index (Phi) is 4.15. The summed E-state index contributed by atoms with van der Waals surface area (Å²) in [6.45, 7) is 0. The fourth-order valence-corrected chi connectivity index (χ4v) is 2.34. The number of hydrogen-bond donors (Lipinski definition) is 0. The van der Waals surface area contributed by atoms with Crippen LogP contribution in [0.4, 0.5) is 0 Å². The first-order valence-corrected chi connectivity index (χ1v) is 6.41. The van der Waals surface area contributed by atoms with Gasteiger partial charge in [-0.2, -0.15) is 0 Å². The molecule has 2 aromatic carbocycles. The van der Waals surface area contributed by atoms with E-state index in [4.69, 9.17) is 4.74 Å². The van der Waals surface area contributed by atoms with Crippen LogP contribution < -0.4 is 0 Å². The Hall–Kier alpha value is -1.61. The highest BCUT2D eigenvalue weighted by molar-refractivity contribution is 9.10. The Labute approximate surface area is 115 Å². The Morgan fingerprint density at radius 2 is 1.67 bits per heavy atom. The SMILES string of the molecule is COC(=O)Cc1ccccc1-c1ccccc1Br. The van der Waals surface area contributed by atoms with Crippen LogP contribution in [-0.2, 0) is 16.0 Å². The van der Waals surface area contributed by atoms with E-state index in [0.29, 0.717) is 0 Å². The van der Waals surface area contributed by atoms with Crippen LogP contribution in [0, 0.1) is 0 Å². The maximum atomic E-state index is 11.4. The molecular formula is C15H13BrO2. The van der Waals surface area contributed by atoms with E-state index in [-0.39, 0.29) is 12.4 Å². The van der Waals surface area contributed by atoms with Crippen LogP contribution in [0.2, 0.25) is 0 Å². The van der Waals surface area contributed by atoms with Gasteiger partial charge in [-0.05, 0) is 22.8 Å². The van der Waals surface area contributed by atoms with Gasteiger partial charge in [0.2, 0.25) is 0 Å². The summed E-state index contributed by atoms with van der Waals surface area (Å²) in [5, 5.41) is 0. The number of rotatable bonds is 3. The minimum atomic E-state index is -0.227. The van der Waals surface area contributed by atoms with Crippen LogP contribution in [0.3, 0.4) is 0 Å². The first kappa shape index (κ1) is 12.8. The third kappa shape index (κ3) is 2.79. The van der Waals surface area contributed by atoms with Gasteiger partial charge in [0, 0.05) is 4.47 Å². The van der Waals surface area contributed by atoms with E-state index in [1.54, 1.807) is 0 Å². The highest BCUT2D eigenvalue weighted by Gasteiger charge is 2.10. The van der Waals surface area contributed by atoms with Crippen molar-refractivity contribution in [3.63, 3.8) is 0 Å². The van der Waals surface area contributed by atoms with Gasteiger partial charge in [-0.15, -0.1) is 0 Å². The third-order valence-electron chi connectivity index (χ3n) is 2.74. The summed E-state index contributed by atoms with van der Waals surface area (Å²) in [4.78, 5) is 11.4. The summed E-state index contributed by atoms with van der Waals surface area (Å²) in [5.41, 5.74) is 3.10. The van der Waals surface area contributed by atoms with E-state index in [1.165, 1.54) is 7.11 Å². The molecule has 0 bridgehead atoms. The molecule has 0 spiro atoms. The summed E-state index contributed by atoms with van der Waals surface area (Å²) < 4.78 is 5.74. The number of hydrogen-bond acceptors (Lipinski definition) is 2. The second-order valence-corrected chi connectivity index (χ2v) is 4.74. The number of halogens is 1. The predicted molar refractivity (Wildman–Crippen MR) is 75.3 cm³/mol. The second kappa shape index (κ2) is 5.83. The van der Waals surface area contributed by atoms with Crippen LogP contribution in [0.5, 0.6) is 0 Å². The summed E-state index contributed by atoms with van der Waals surface area (Å²) >= 11 is 3.53. The van der Waals surface area contributed by atoms with Gasteiger partial charge in [0.15, 0.2) is 0 Å². The first-order chi connectivity index (χ1) is 8.72. The Balaban J connectivity index is 2.45. The summed E-state index contributed by atoms with van der Waals surface area (Å²) in [5.74, 6) is -0.227. The molecule has 0 N–H and O–H groups in total. The van der Waals surface area contributed by atoms with Crippen molar-refractivity contribution >= 4 is 21.9 Å². The van der Waals surface area contributed by atoms with Gasteiger partial charge in [-0.3, -0.25) is 4.79 Å². The Bertz CT molecular complexity index is 564. The predicted octanol–water partition coefficient (Wildman–Crippen LogP) is 3.83. The summed E-state index contributed by atoms with van der Waals surface area (Å²) in [6, 6.07) is 15.8. The van der Waals surface area contributed by atoms with Crippen molar-refractivity contribution in [2.24, 2.45) is 0 Å². The number of carbonyl (C=O) groups is 1. The molecule has 2 rings (SSSR count). The molecule has 0 heterocycles. The number of ether oxygens (including phenoxy) is 1. The van der Waals surface area contributed by atoms with Crippen molar-refractivity contribution in [2.45, 2.75) is 6.42 Å². The van der Waals surface area contributed by atoms with Crippen molar-refractivity contribution in [1.82, 2.24) is 0 Å². The monoisotopic (exact) mass is 304 g/mol. The lowest BCUT2D eigenvalue weighted by Crippen LogP contribution is -2.05. The van der Waals surface area contributed by atoms with Crippen molar-refractivity contribution in [2.75, 3.05) is 7.11 Å². The molecule has 0 atom stereocenters. The molecule has 0 saturated heterocycles. The molecule has 0 aromatic heterocycles.